The van der Waals surface area contributed by atoms with Crippen molar-refractivity contribution in [2.24, 2.45) is 0 Å². The summed E-state index contributed by atoms with van der Waals surface area (Å²) in [5, 5.41) is 1.31. The summed E-state index contributed by atoms with van der Waals surface area (Å²) in [6.07, 6.45) is 7.22. The number of aromatic nitrogens is 3. The summed E-state index contributed by atoms with van der Waals surface area (Å²) in [6, 6.07) is 9.53. The molecule has 0 unspecified atom stereocenters. The first-order chi connectivity index (χ1) is 14.1. The van der Waals surface area contributed by atoms with E-state index in [-0.39, 0.29) is 5.91 Å². The predicted molar refractivity (Wildman–Crippen MR) is 114 cm³/mol. The van der Waals surface area contributed by atoms with Crippen LogP contribution in [-0.4, -0.2) is 56.8 Å². The third-order valence-electron chi connectivity index (χ3n) is 4.93. The average molecular weight is 409 g/mol. The first kappa shape index (κ1) is 19.3. The van der Waals surface area contributed by atoms with Crippen molar-refractivity contribution in [3.8, 4) is 0 Å². The van der Waals surface area contributed by atoms with Gasteiger partial charge in [0.15, 0.2) is 0 Å². The highest BCUT2D eigenvalue weighted by molar-refractivity contribution is 6.29. The molecule has 8 heteroatoms. The Labute approximate surface area is 173 Å². The standard InChI is InChI=1S/C21H21ClN6O/c22-19-6-4-15(11-24-19)2-1-7-27-8-9-28(20(29)13-27)12-16-3-5-17-18(10-16)25-14-26-21(17)23/h1-6,10-11,14H,7-9,12-13H2,(H2,23,25,26). The van der Waals surface area contributed by atoms with Crippen molar-refractivity contribution in [3.05, 3.63) is 65.2 Å². The Morgan fingerprint density at radius 2 is 2.03 bits per heavy atom. The molecule has 4 rings (SSSR count). The Hall–Kier alpha value is -3.03. The Bertz CT molecular complexity index is 1050. The van der Waals surface area contributed by atoms with E-state index in [1.807, 2.05) is 41.3 Å². The summed E-state index contributed by atoms with van der Waals surface area (Å²) in [5.74, 6) is 0.591. The van der Waals surface area contributed by atoms with Gasteiger partial charge in [-0.2, -0.15) is 0 Å². The maximum absolute atomic E-state index is 12.6. The van der Waals surface area contributed by atoms with Gasteiger partial charge in [-0.25, -0.2) is 15.0 Å². The van der Waals surface area contributed by atoms with Crippen molar-refractivity contribution in [2.45, 2.75) is 6.54 Å². The van der Waals surface area contributed by atoms with E-state index in [9.17, 15) is 4.79 Å². The van der Waals surface area contributed by atoms with Crippen LogP contribution >= 0.6 is 11.6 Å². The lowest BCUT2D eigenvalue weighted by molar-refractivity contribution is -0.136. The van der Waals surface area contributed by atoms with Crippen molar-refractivity contribution in [3.63, 3.8) is 0 Å². The van der Waals surface area contributed by atoms with Crippen LogP contribution in [0.25, 0.3) is 17.0 Å². The van der Waals surface area contributed by atoms with Crippen LogP contribution in [0.15, 0.2) is 48.9 Å². The molecule has 29 heavy (non-hydrogen) atoms. The van der Waals surface area contributed by atoms with E-state index < -0.39 is 0 Å². The number of hydrogen-bond acceptors (Lipinski definition) is 6. The molecule has 3 heterocycles. The van der Waals surface area contributed by atoms with Crippen LogP contribution in [0.4, 0.5) is 5.82 Å². The van der Waals surface area contributed by atoms with Crippen LogP contribution in [0.5, 0.6) is 0 Å². The lowest BCUT2D eigenvalue weighted by Crippen LogP contribution is -2.49. The van der Waals surface area contributed by atoms with E-state index in [1.165, 1.54) is 6.33 Å². The largest absolute Gasteiger partial charge is 0.383 e. The summed E-state index contributed by atoms with van der Waals surface area (Å²) >= 11 is 5.79. The van der Waals surface area contributed by atoms with E-state index in [0.29, 0.717) is 37.1 Å². The first-order valence-corrected chi connectivity index (χ1v) is 9.73. The van der Waals surface area contributed by atoms with Gasteiger partial charge in [0.2, 0.25) is 5.91 Å². The molecule has 1 aliphatic heterocycles. The van der Waals surface area contributed by atoms with Gasteiger partial charge in [-0.15, -0.1) is 0 Å². The zero-order valence-corrected chi connectivity index (χ0v) is 16.6. The smallest absolute Gasteiger partial charge is 0.237 e. The molecule has 1 aromatic carbocycles. The fourth-order valence-electron chi connectivity index (χ4n) is 3.35. The molecule has 0 radical (unpaired) electrons. The van der Waals surface area contributed by atoms with Gasteiger partial charge in [0.1, 0.15) is 17.3 Å². The predicted octanol–water partition coefficient (Wildman–Crippen LogP) is 2.62. The molecule has 0 saturated carbocycles. The lowest BCUT2D eigenvalue weighted by atomic mass is 10.1. The molecular weight excluding hydrogens is 388 g/mol. The first-order valence-electron chi connectivity index (χ1n) is 9.36. The molecule has 1 aliphatic rings. The van der Waals surface area contributed by atoms with Gasteiger partial charge in [-0.3, -0.25) is 9.69 Å². The molecule has 0 bridgehead atoms. The molecule has 148 valence electrons. The van der Waals surface area contributed by atoms with Gasteiger partial charge < -0.3 is 10.6 Å². The highest BCUT2D eigenvalue weighted by Gasteiger charge is 2.23. The Morgan fingerprint density at radius 1 is 1.14 bits per heavy atom. The number of benzene rings is 1. The number of nitrogens with two attached hydrogens (primary N) is 1. The van der Waals surface area contributed by atoms with Crippen LogP contribution in [0.2, 0.25) is 5.15 Å². The molecule has 0 spiro atoms. The summed E-state index contributed by atoms with van der Waals surface area (Å²) in [6.45, 7) is 3.22. The number of nitrogens with zero attached hydrogens (tertiary/aromatic N) is 5. The highest BCUT2D eigenvalue weighted by atomic mass is 35.5. The second kappa shape index (κ2) is 8.55. The summed E-state index contributed by atoms with van der Waals surface area (Å²) in [4.78, 5) is 28.9. The molecule has 1 amide bonds. The maximum Gasteiger partial charge on any atom is 0.237 e. The van der Waals surface area contributed by atoms with Crippen LogP contribution in [-0.2, 0) is 11.3 Å². The third kappa shape index (κ3) is 4.70. The molecule has 0 aliphatic carbocycles. The van der Waals surface area contributed by atoms with Gasteiger partial charge in [-0.1, -0.05) is 35.9 Å². The van der Waals surface area contributed by atoms with Crippen molar-refractivity contribution in [1.82, 2.24) is 24.8 Å². The Kier molecular flexibility index (Phi) is 5.69. The van der Waals surface area contributed by atoms with E-state index in [0.717, 1.165) is 28.6 Å². The monoisotopic (exact) mass is 408 g/mol. The number of carbonyl (C=O) groups excluding carboxylic acids is 1. The number of hydrogen-bond donors (Lipinski definition) is 1. The van der Waals surface area contributed by atoms with E-state index >= 15 is 0 Å². The van der Waals surface area contributed by atoms with Crippen molar-refractivity contribution >= 4 is 40.3 Å². The molecule has 2 N–H and O–H groups in total. The fourth-order valence-corrected chi connectivity index (χ4v) is 3.46. The molecule has 2 aromatic heterocycles. The summed E-state index contributed by atoms with van der Waals surface area (Å²) < 4.78 is 0. The Morgan fingerprint density at radius 3 is 2.83 bits per heavy atom. The quantitative estimate of drug-likeness (QED) is 0.653. The molecule has 1 saturated heterocycles. The summed E-state index contributed by atoms with van der Waals surface area (Å²) in [7, 11) is 0. The Balaban J connectivity index is 1.33. The van der Waals surface area contributed by atoms with E-state index in [2.05, 4.69) is 19.9 Å². The van der Waals surface area contributed by atoms with Crippen molar-refractivity contribution in [2.75, 3.05) is 31.9 Å². The van der Waals surface area contributed by atoms with E-state index in [4.69, 9.17) is 17.3 Å². The zero-order chi connectivity index (χ0) is 20.2. The number of fused-ring (bicyclic) bond motifs is 1. The maximum atomic E-state index is 12.6. The molecular formula is C21H21ClN6O. The molecule has 7 nitrogen and oxygen atoms in total. The SMILES string of the molecule is Nc1ncnc2cc(CN3CCN(CC=Cc4ccc(Cl)nc4)CC3=O)ccc12. The van der Waals surface area contributed by atoms with Crippen molar-refractivity contribution < 1.29 is 4.79 Å². The van der Waals surface area contributed by atoms with Gasteiger partial charge in [-0.05, 0) is 29.3 Å². The summed E-state index contributed by atoms with van der Waals surface area (Å²) in [5.41, 5.74) is 8.69. The highest BCUT2D eigenvalue weighted by Crippen LogP contribution is 2.19. The fraction of sp³-hybridized carbons (Fsp3) is 0.238. The zero-order valence-electron chi connectivity index (χ0n) is 15.8. The van der Waals surface area contributed by atoms with Gasteiger partial charge in [0.05, 0.1) is 12.1 Å². The number of halogens is 1. The van der Waals surface area contributed by atoms with Crippen molar-refractivity contribution in [1.29, 1.82) is 0 Å². The third-order valence-corrected chi connectivity index (χ3v) is 5.15. The van der Waals surface area contributed by atoms with Gasteiger partial charge in [0.25, 0.3) is 0 Å². The van der Waals surface area contributed by atoms with Crippen LogP contribution < -0.4 is 5.73 Å². The molecule has 0 atom stereocenters. The van der Waals surface area contributed by atoms with Crippen LogP contribution in [0.3, 0.4) is 0 Å². The van der Waals surface area contributed by atoms with Gasteiger partial charge >= 0.3 is 0 Å². The minimum absolute atomic E-state index is 0.125. The van der Waals surface area contributed by atoms with Crippen LogP contribution in [0.1, 0.15) is 11.1 Å². The van der Waals surface area contributed by atoms with E-state index in [1.54, 1.807) is 12.3 Å². The number of carbonyl (C=O) groups is 1. The van der Waals surface area contributed by atoms with Gasteiger partial charge in [0, 0.05) is 37.8 Å². The number of pyridine rings is 1. The second-order valence-corrected chi connectivity index (χ2v) is 7.36. The molecule has 3 aromatic rings. The number of nitrogen functional groups attached to an aromatic ring is 1. The minimum Gasteiger partial charge on any atom is -0.383 e. The number of anilines is 1. The molecule has 1 fully saturated rings. The number of piperazine rings is 1. The topological polar surface area (TPSA) is 88.2 Å². The number of rotatable bonds is 5. The van der Waals surface area contributed by atoms with Crippen LogP contribution in [0, 0.1) is 0 Å². The lowest BCUT2D eigenvalue weighted by Gasteiger charge is -2.33. The number of amides is 1. The average Bonchev–Trinajstić information content (AvgIpc) is 2.72. The minimum atomic E-state index is 0.125. The normalized spacial score (nSPS) is 15.5. The second-order valence-electron chi connectivity index (χ2n) is 6.98.